The minimum absolute atomic E-state index is 0.105. The molecule has 0 aromatic carbocycles. The van der Waals surface area contributed by atoms with Crippen molar-refractivity contribution < 1.29 is 27.1 Å². The van der Waals surface area contributed by atoms with Crippen LogP contribution in [0.25, 0.3) is 11.3 Å². The molecule has 0 fully saturated rings. The monoisotopic (exact) mass is 405 g/mol. The Balaban J connectivity index is 1.66. The number of hydrogen-bond donors (Lipinski definition) is 0. The third-order valence-corrected chi connectivity index (χ3v) is 4.80. The summed E-state index contributed by atoms with van der Waals surface area (Å²) in [6.07, 6.45) is -1.42. The summed E-state index contributed by atoms with van der Waals surface area (Å²) in [6.45, 7) is 3.84. The van der Waals surface area contributed by atoms with Crippen molar-refractivity contribution in [1.82, 2.24) is 14.8 Å². The highest BCUT2D eigenvalue weighted by molar-refractivity contribution is 5.91. The van der Waals surface area contributed by atoms with Crippen LogP contribution in [0.4, 0.5) is 13.2 Å². The van der Waals surface area contributed by atoms with Crippen LogP contribution in [0.5, 0.6) is 0 Å². The van der Waals surface area contributed by atoms with Gasteiger partial charge in [-0.3, -0.25) is 4.68 Å². The molecule has 3 aromatic rings. The second-order valence-electron chi connectivity index (χ2n) is 6.79. The van der Waals surface area contributed by atoms with Gasteiger partial charge in [-0.1, -0.05) is 6.07 Å². The van der Waals surface area contributed by atoms with Crippen molar-refractivity contribution in [2.45, 2.75) is 39.4 Å². The van der Waals surface area contributed by atoms with Gasteiger partial charge in [-0.05, 0) is 38.0 Å². The number of nitrogens with zero attached hydrogens (tertiary/aromatic N) is 3. The molecule has 1 aliphatic carbocycles. The SMILES string of the molecule is CCOC(=O)c1oc2c(c1C)-c1nn(Cc3cccc(C(F)(F)F)n3)cc1CC2. The number of furan rings is 1. The number of ether oxygens (including phenoxy) is 1. The molecule has 0 atom stereocenters. The summed E-state index contributed by atoms with van der Waals surface area (Å²) in [4.78, 5) is 15.8. The first-order valence-corrected chi connectivity index (χ1v) is 9.17. The zero-order valence-electron chi connectivity index (χ0n) is 15.8. The molecule has 0 spiro atoms. The Bertz CT molecular complexity index is 1080. The topological polar surface area (TPSA) is 70.2 Å². The highest BCUT2D eigenvalue weighted by Crippen LogP contribution is 2.38. The molecule has 152 valence electrons. The van der Waals surface area contributed by atoms with Crippen LogP contribution in [0.15, 0.2) is 28.8 Å². The van der Waals surface area contributed by atoms with Gasteiger partial charge in [0.1, 0.15) is 11.5 Å². The summed E-state index contributed by atoms with van der Waals surface area (Å²) in [5.74, 6) is 0.313. The van der Waals surface area contributed by atoms with E-state index in [4.69, 9.17) is 9.15 Å². The molecule has 0 saturated carbocycles. The van der Waals surface area contributed by atoms with Crippen molar-refractivity contribution in [3.63, 3.8) is 0 Å². The number of halogens is 3. The standard InChI is InChI=1S/C20H18F3N3O3/c1-3-28-19(27)18-11(2)16-14(29-18)8-7-12-9-26(25-17(12)16)10-13-5-4-6-15(24-13)20(21,22)23/h4-6,9H,3,7-8,10H2,1-2H3. The second kappa shape index (κ2) is 7.06. The minimum atomic E-state index is -4.49. The lowest BCUT2D eigenvalue weighted by Gasteiger charge is -2.09. The number of fused-ring (bicyclic) bond motifs is 3. The molecule has 0 radical (unpaired) electrons. The molecule has 0 saturated heterocycles. The number of pyridine rings is 1. The van der Waals surface area contributed by atoms with E-state index in [9.17, 15) is 18.0 Å². The Morgan fingerprint density at radius 2 is 2.10 bits per heavy atom. The van der Waals surface area contributed by atoms with Gasteiger partial charge in [0, 0.05) is 23.7 Å². The summed E-state index contributed by atoms with van der Waals surface area (Å²) in [6, 6.07) is 3.80. The summed E-state index contributed by atoms with van der Waals surface area (Å²) in [7, 11) is 0. The van der Waals surface area contributed by atoms with Gasteiger partial charge in [0.25, 0.3) is 0 Å². The maximum absolute atomic E-state index is 12.9. The first-order valence-electron chi connectivity index (χ1n) is 9.17. The summed E-state index contributed by atoms with van der Waals surface area (Å²) in [5.41, 5.74) is 2.36. The van der Waals surface area contributed by atoms with E-state index in [2.05, 4.69) is 10.1 Å². The quantitative estimate of drug-likeness (QED) is 0.609. The molecule has 0 amide bonds. The van der Waals surface area contributed by atoms with Gasteiger partial charge in [-0.15, -0.1) is 0 Å². The number of carbonyl (C=O) groups is 1. The molecule has 9 heteroatoms. The number of carbonyl (C=O) groups excluding carboxylic acids is 1. The number of aromatic nitrogens is 3. The van der Waals surface area contributed by atoms with Crippen LogP contribution < -0.4 is 0 Å². The molecule has 0 unspecified atom stereocenters. The Kier molecular flexibility index (Phi) is 4.68. The Hall–Kier alpha value is -3.10. The van der Waals surface area contributed by atoms with Gasteiger partial charge in [-0.25, -0.2) is 9.78 Å². The van der Waals surface area contributed by atoms with Crippen molar-refractivity contribution in [3.05, 3.63) is 58.4 Å². The zero-order chi connectivity index (χ0) is 20.8. The lowest BCUT2D eigenvalue weighted by molar-refractivity contribution is -0.141. The van der Waals surface area contributed by atoms with E-state index in [1.54, 1.807) is 24.7 Å². The highest BCUT2D eigenvalue weighted by atomic mass is 19.4. The second-order valence-corrected chi connectivity index (χ2v) is 6.79. The lowest BCUT2D eigenvalue weighted by Crippen LogP contribution is -2.11. The van der Waals surface area contributed by atoms with E-state index in [0.29, 0.717) is 29.9 Å². The largest absolute Gasteiger partial charge is 0.460 e. The highest BCUT2D eigenvalue weighted by Gasteiger charge is 2.33. The average molecular weight is 405 g/mol. The third kappa shape index (κ3) is 3.52. The van der Waals surface area contributed by atoms with Crippen molar-refractivity contribution in [2.75, 3.05) is 6.61 Å². The molecule has 3 aromatic heterocycles. The Labute approximate surface area is 164 Å². The number of esters is 1. The van der Waals surface area contributed by atoms with E-state index in [0.717, 1.165) is 17.2 Å². The fourth-order valence-corrected chi connectivity index (χ4v) is 3.53. The van der Waals surface area contributed by atoms with Crippen LogP contribution in [0.2, 0.25) is 0 Å². The first kappa shape index (κ1) is 19.2. The van der Waals surface area contributed by atoms with E-state index in [-0.39, 0.29) is 24.6 Å². The molecular formula is C20H18F3N3O3. The van der Waals surface area contributed by atoms with Gasteiger partial charge < -0.3 is 9.15 Å². The summed E-state index contributed by atoms with van der Waals surface area (Å²) < 4.78 is 51.0. The van der Waals surface area contributed by atoms with E-state index >= 15 is 0 Å². The van der Waals surface area contributed by atoms with Crippen LogP contribution in [-0.4, -0.2) is 27.3 Å². The molecule has 0 aliphatic heterocycles. The van der Waals surface area contributed by atoms with Gasteiger partial charge in [0.05, 0.1) is 24.5 Å². The van der Waals surface area contributed by atoms with Crippen LogP contribution >= 0.6 is 0 Å². The van der Waals surface area contributed by atoms with Gasteiger partial charge >= 0.3 is 12.1 Å². The maximum Gasteiger partial charge on any atom is 0.433 e. The summed E-state index contributed by atoms with van der Waals surface area (Å²) in [5, 5.41) is 4.54. The lowest BCUT2D eigenvalue weighted by atomic mass is 9.94. The van der Waals surface area contributed by atoms with E-state index < -0.39 is 17.8 Å². The summed E-state index contributed by atoms with van der Waals surface area (Å²) >= 11 is 0. The van der Waals surface area contributed by atoms with Crippen molar-refractivity contribution in [2.24, 2.45) is 0 Å². The Morgan fingerprint density at radius 3 is 2.83 bits per heavy atom. The van der Waals surface area contributed by atoms with Crippen molar-refractivity contribution in [1.29, 1.82) is 0 Å². The first-order chi connectivity index (χ1) is 13.8. The van der Waals surface area contributed by atoms with Gasteiger partial charge in [0.15, 0.2) is 0 Å². The maximum atomic E-state index is 12.9. The van der Waals surface area contributed by atoms with Gasteiger partial charge in [-0.2, -0.15) is 18.3 Å². The van der Waals surface area contributed by atoms with Crippen LogP contribution in [-0.2, 0) is 30.3 Å². The predicted octanol–water partition coefficient (Wildman–Crippen LogP) is 4.19. The molecule has 29 heavy (non-hydrogen) atoms. The fraction of sp³-hybridized carbons (Fsp3) is 0.350. The van der Waals surface area contributed by atoms with Crippen LogP contribution in [0.3, 0.4) is 0 Å². The number of alkyl halides is 3. The normalized spacial score (nSPS) is 13.1. The van der Waals surface area contributed by atoms with E-state index in [1.807, 2.05) is 0 Å². The molecule has 4 rings (SSSR count). The third-order valence-electron chi connectivity index (χ3n) is 4.80. The molecule has 6 nitrogen and oxygen atoms in total. The van der Waals surface area contributed by atoms with Crippen molar-refractivity contribution in [3.8, 4) is 11.3 Å². The molecular weight excluding hydrogens is 387 g/mol. The van der Waals surface area contributed by atoms with Crippen LogP contribution in [0.1, 0.15) is 45.8 Å². The van der Waals surface area contributed by atoms with E-state index in [1.165, 1.54) is 12.1 Å². The molecule has 0 N–H and O–H groups in total. The predicted molar refractivity (Wildman–Crippen MR) is 96.4 cm³/mol. The smallest absolute Gasteiger partial charge is 0.433 e. The van der Waals surface area contributed by atoms with Gasteiger partial charge in [0.2, 0.25) is 5.76 Å². The minimum Gasteiger partial charge on any atom is -0.460 e. The van der Waals surface area contributed by atoms with Crippen molar-refractivity contribution >= 4 is 5.97 Å². The molecule has 1 aliphatic rings. The number of hydrogen-bond acceptors (Lipinski definition) is 5. The number of rotatable bonds is 4. The van der Waals surface area contributed by atoms with Crippen LogP contribution in [0, 0.1) is 6.92 Å². The molecule has 3 heterocycles. The average Bonchev–Trinajstić information content (AvgIpc) is 3.21. The number of aryl methyl sites for hydroxylation is 2. The fourth-order valence-electron chi connectivity index (χ4n) is 3.53. The molecule has 0 bridgehead atoms. The zero-order valence-corrected chi connectivity index (χ0v) is 15.8. The Morgan fingerprint density at radius 1 is 1.31 bits per heavy atom.